The zero-order chi connectivity index (χ0) is 13.9. The van der Waals surface area contributed by atoms with E-state index < -0.39 is 4.92 Å². The van der Waals surface area contributed by atoms with Crippen LogP contribution < -0.4 is 5.32 Å². The molecule has 0 spiro atoms. The van der Waals surface area contributed by atoms with Crippen molar-refractivity contribution in [1.82, 2.24) is 10.2 Å². The summed E-state index contributed by atoms with van der Waals surface area (Å²) in [6, 6.07) is 10.1. The minimum atomic E-state index is -0.390. The number of allylic oxidation sites excluding steroid dienone is 2. The second kappa shape index (κ2) is 5.36. The maximum Gasteiger partial charge on any atom is 0.275 e. The largest absolute Gasteiger partial charge is 0.338 e. The molecule has 1 aromatic carbocycles. The summed E-state index contributed by atoms with van der Waals surface area (Å²) in [6.45, 7) is 0.673. The third-order valence-electron chi connectivity index (χ3n) is 3.75. The summed E-state index contributed by atoms with van der Waals surface area (Å²) in [6.07, 6.45) is 5.34. The van der Waals surface area contributed by atoms with Gasteiger partial charge in [-0.1, -0.05) is 30.3 Å². The Morgan fingerprint density at radius 2 is 2.00 bits per heavy atom. The predicted octanol–water partition coefficient (Wildman–Crippen LogP) is 2.95. The molecule has 0 amide bonds. The van der Waals surface area contributed by atoms with Crippen LogP contribution >= 0.6 is 0 Å². The summed E-state index contributed by atoms with van der Waals surface area (Å²) in [5.74, 6) is 0.589. The van der Waals surface area contributed by atoms with Gasteiger partial charge in [0.05, 0.1) is 4.92 Å². The van der Waals surface area contributed by atoms with Gasteiger partial charge in [0.1, 0.15) is 0 Å². The predicted molar refractivity (Wildman–Crippen MR) is 75.7 cm³/mol. The molecule has 0 radical (unpaired) electrons. The van der Waals surface area contributed by atoms with Gasteiger partial charge in [0.25, 0.3) is 6.20 Å². The minimum Gasteiger partial charge on any atom is -0.338 e. The summed E-state index contributed by atoms with van der Waals surface area (Å²) >= 11 is 0. The normalized spacial score (nSPS) is 20.0. The van der Waals surface area contributed by atoms with Crippen LogP contribution in [-0.2, 0) is 6.54 Å². The molecule has 104 valence electrons. The average Bonchev–Trinajstić information content (AvgIpc) is 2.77. The van der Waals surface area contributed by atoms with Crippen LogP contribution in [0.15, 0.2) is 53.7 Å². The molecule has 2 aliphatic rings. The zero-order valence-electron chi connectivity index (χ0n) is 11.2. The van der Waals surface area contributed by atoms with Gasteiger partial charge in [0.15, 0.2) is 5.82 Å². The monoisotopic (exact) mass is 271 g/mol. The molecule has 1 aliphatic heterocycles. The van der Waals surface area contributed by atoms with Crippen molar-refractivity contribution in [3.05, 3.63) is 69.4 Å². The number of rotatable bonds is 3. The first-order valence-electron chi connectivity index (χ1n) is 6.90. The molecule has 3 rings (SSSR count). The third-order valence-corrected chi connectivity index (χ3v) is 3.75. The molecular weight excluding hydrogens is 254 g/mol. The van der Waals surface area contributed by atoms with Crippen molar-refractivity contribution in [3.8, 4) is 0 Å². The highest BCUT2D eigenvalue weighted by Crippen LogP contribution is 2.34. The fourth-order valence-electron chi connectivity index (χ4n) is 2.84. The summed E-state index contributed by atoms with van der Waals surface area (Å²) < 4.78 is 0. The van der Waals surface area contributed by atoms with Gasteiger partial charge in [-0.05, 0) is 31.2 Å². The quantitative estimate of drug-likeness (QED) is 0.678. The number of benzene rings is 1. The van der Waals surface area contributed by atoms with E-state index in [0.29, 0.717) is 12.4 Å². The van der Waals surface area contributed by atoms with E-state index >= 15 is 0 Å². The summed E-state index contributed by atoms with van der Waals surface area (Å²) in [5.41, 5.74) is 3.52. The average molecular weight is 271 g/mol. The lowest BCUT2D eigenvalue weighted by molar-refractivity contribution is -0.404. The molecule has 1 N–H and O–H groups in total. The van der Waals surface area contributed by atoms with Crippen LogP contribution in [0.3, 0.4) is 0 Å². The molecule has 20 heavy (non-hydrogen) atoms. The molecule has 1 aliphatic carbocycles. The van der Waals surface area contributed by atoms with Crippen LogP contribution in [0.5, 0.6) is 0 Å². The first-order valence-corrected chi connectivity index (χ1v) is 6.90. The van der Waals surface area contributed by atoms with Gasteiger partial charge in [0.2, 0.25) is 0 Å². The van der Waals surface area contributed by atoms with E-state index in [4.69, 9.17) is 0 Å². The minimum absolute atomic E-state index is 0.390. The molecule has 1 aromatic rings. The van der Waals surface area contributed by atoms with Crippen molar-refractivity contribution in [2.75, 3.05) is 0 Å². The van der Waals surface area contributed by atoms with E-state index in [9.17, 15) is 10.1 Å². The maximum atomic E-state index is 10.8. The lowest BCUT2D eigenvalue weighted by atomic mass is 10.0. The lowest BCUT2D eigenvalue weighted by Gasteiger charge is -2.23. The molecule has 1 heterocycles. The second-order valence-corrected chi connectivity index (χ2v) is 5.13. The lowest BCUT2D eigenvalue weighted by Crippen LogP contribution is -2.22. The fraction of sp³-hybridized carbons (Fsp3) is 0.333. The topological polar surface area (TPSA) is 58.4 Å². The van der Waals surface area contributed by atoms with Crippen LogP contribution in [0.4, 0.5) is 0 Å². The Hall–Kier alpha value is -2.30. The van der Waals surface area contributed by atoms with E-state index in [-0.39, 0.29) is 0 Å². The summed E-state index contributed by atoms with van der Waals surface area (Å²) in [4.78, 5) is 12.5. The standard InChI is InChI=1S/C15H17N3O2/c19-18(20)11-15-16-13-8-4-5-9-14(13)17(15)10-12-6-2-1-3-7-12/h1-3,6-7,11,16H,4-5,8-10H2/b15-11+. The van der Waals surface area contributed by atoms with Crippen molar-refractivity contribution in [3.63, 3.8) is 0 Å². The maximum absolute atomic E-state index is 10.8. The second-order valence-electron chi connectivity index (χ2n) is 5.13. The highest BCUT2D eigenvalue weighted by molar-refractivity contribution is 5.30. The van der Waals surface area contributed by atoms with Crippen molar-refractivity contribution in [2.45, 2.75) is 32.2 Å². The number of nitro groups is 1. The Bertz CT molecular complexity index is 578. The van der Waals surface area contributed by atoms with Crippen LogP contribution in [0.25, 0.3) is 0 Å². The summed E-state index contributed by atoms with van der Waals surface area (Å²) in [5, 5.41) is 14.0. The number of nitrogens with zero attached hydrogens (tertiary/aromatic N) is 2. The van der Waals surface area contributed by atoms with Crippen molar-refractivity contribution >= 4 is 0 Å². The fourth-order valence-corrected chi connectivity index (χ4v) is 2.84. The zero-order valence-corrected chi connectivity index (χ0v) is 11.2. The number of hydrogen-bond donors (Lipinski definition) is 1. The highest BCUT2D eigenvalue weighted by Gasteiger charge is 2.30. The van der Waals surface area contributed by atoms with Crippen LogP contribution in [-0.4, -0.2) is 9.82 Å². The smallest absolute Gasteiger partial charge is 0.275 e. The van der Waals surface area contributed by atoms with Gasteiger partial charge in [-0.3, -0.25) is 10.1 Å². The Labute approximate surface area is 117 Å². The molecule has 0 unspecified atom stereocenters. The van der Waals surface area contributed by atoms with E-state index in [0.717, 1.165) is 43.1 Å². The molecule has 5 nitrogen and oxygen atoms in total. The van der Waals surface area contributed by atoms with Crippen molar-refractivity contribution in [2.24, 2.45) is 0 Å². The number of nitrogens with one attached hydrogen (secondary N) is 1. The first-order chi connectivity index (χ1) is 9.74. The van der Waals surface area contributed by atoms with Gasteiger partial charge in [-0.15, -0.1) is 0 Å². The molecule has 5 heteroatoms. The first kappa shape index (κ1) is 12.7. The summed E-state index contributed by atoms with van der Waals surface area (Å²) in [7, 11) is 0. The van der Waals surface area contributed by atoms with E-state index in [1.54, 1.807) is 0 Å². The molecule has 0 saturated carbocycles. The molecule has 0 bridgehead atoms. The molecule has 0 aromatic heterocycles. The Balaban J connectivity index is 1.90. The highest BCUT2D eigenvalue weighted by atomic mass is 16.6. The van der Waals surface area contributed by atoms with Crippen molar-refractivity contribution < 1.29 is 4.92 Å². The van der Waals surface area contributed by atoms with Crippen LogP contribution in [0.2, 0.25) is 0 Å². The van der Waals surface area contributed by atoms with Gasteiger partial charge < -0.3 is 10.2 Å². The third kappa shape index (κ3) is 2.52. The molecule has 0 fully saturated rings. The SMILES string of the molecule is O=[N+]([O-])/C=C1\NC2=C(CCCC2)N1Cc1ccccc1. The van der Waals surface area contributed by atoms with Gasteiger partial charge >= 0.3 is 0 Å². The number of hydrogen-bond acceptors (Lipinski definition) is 4. The van der Waals surface area contributed by atoms with Crippen molar-refractivity contribution in [1.29, 1.82) is 0 Å². The van der Waals surface area contributed by atoms with E-state index in [1.807, 2.05) is 35.2 Å². The van der Waals surface area contributed by atoms with Crippen LogP contribution in [0.1, 0.15) is 31.2 Å². The molecule has 0 saturated heterocycles. The molecular formula is C15H17N3O2. The van der Waals surface area contributed by atoms with E-state index in [2.05, 4.69) is 5.32 Å². The Morgan fingerprint density at radius 3 is 2.75 bits per heavy atom. The Kier molecular flexibility index (Phi) is 3.41. The molecule has 0 atom stereocenters. The van der Waals surface area contributed by atoms with Crippen LogP contribution in [0, 0.1) is 10.1 Å². The van der Waals surface area contributed by atoms with Gasteiger partial charge in [0, 0.05) is 17.9 Å². The Morgan fingerprint density at radius 1 is 1.25 bits per heavy atom. The van der Waals surface area contributed by atoms with E-state index in [1.165, 1.54) is 5.70 Å². The van der Waals surface area contributed by atoms with Gasteiger partial charge in [-0.25, -0.2) is 0 Å². The van der Waals surface area contributed by atoms with Gasteiger partial charge in [-0.2, -0.15) is 0 Å².